The van der Waals surface area contributed by atoms with Crippen molar-refractivity contribution in [3.05, 3.63) is 47.0 Å². The number of carbonyl (C=O) groups is 1. The second-order valence-electron chi connectivity index (χ2n) is 15.2. The minimum Gasteiger partial charge on any atom is -0.457 e. The van der Waals surface area contributed by atoms with Gasteiger partial charge in [0, 0.05) is 6.92 Å². The van der Waals surface area contributed by atoms with Gasteiger partial charge in [0.2, 0.25) is 0 Å². The molecule has 0 aromatic heterocycles. The lowest BCUT2D eigenvalue weighted by Gasteiger charge is -2.59. The van der Waals surface area contributed by atoms with Gasteiger partial charge in [0.25, 0.3) is 0 Å². The van der Waals surface area contributed by atoms with E-state index in [0.717, 1.165) is 37.5 Å². The summed E-state index contributed by atoms with van der Waals surface area (Å²) in [4.78, 5) is 11.8. The number of benzene rings is 1. The third kappa shape index (κ3) is 5.06. The first kappa shape index (κ1) is 30.2. The Morgan fingerprint density at radius 3 is 2.45 bits per heavy atom. The highest BCUT2D eigenvalue weighted by Crippen LogP contribution is 2.68. The van der Waals surface area contributed by atoms with E-state index in [0.29, 0.717) is 29.6 Å². The highest BCUT2D eigenvalue weighted by Gasteiger charge is 2.61. The molecule has 10 atom stereocenters. The van der Waals surface area contributed by atoms with Crippen molar-refractivity contribution in [3.8, 4) is 0 Å². The average molecular weight is 585 g/mol. The Labute approximate surface area is 250 Å². The molecule has 5 aliphatic rings. The van der Waals surface area contributed by atoms with Gasteiger partial charge in [-0.25, -0.2) is 8.78 Å². The Balaban J connectivity index is 1.13. The molecule has 6 rings (SSSR count). The summed E-state index contributed by atoms with van der Waals surface area (Å²) in [7, 11) is 0. The van der Waals surface area contributed by atoms with Crippen LogP contribution in [0.2, 0.25) is 0 Å². The summed E-state index contributed by atoms with van der Waals surface area (Å²) in [5.74, 6) is 0.987. The van der Waals surface area contributed by atoms with Gasteiger partial charge in [0.15, 0.2) is 5.79 Å². The summed E-state index contributed by atoms with van der Waals surface area (Å²) in [5.41, 5.74) is 1.91. The molecule has 1 aromatic carbocycles. The number of allylic oxidation sites excluding steroid dienone is 1. The summed E-state index contributed by atoms with van der Waals surface area (Å²) in [6.07, 6.45) is 12.6. The van der Waals surface area contributed by atoms with E-state index in [1.54, 1.807) is 0 Å². The monoisotopic (exact) mass is 584 g/mol. The van der Waals surface area contributed by atoms with E-state index in [2.05, 4.69) is 40.7 Å². The van der Waals surface area contributed by atoms with Crippen LogP contribution in [-0.2, 0) is 19.0 Å². The number of ether oxygens (including phenoxy) is 3. The van der Waals surface area contributed by atoms with Crippen LogP contribution < -0.4 is 0 Å². The number of halogens is 2. The number of esters is 1. The van der Waals surface area contributed by atoms with Crippen LogP contribution in [0.3, 0.4) is 0 Å². The lowest BCUT2D eigenvalue weighted by Crippen LogP contribution is -2.53. The van der Waals surface area contributed by atoms with Crippen molar-refractivity contribution in [2.75, 3.05) is 0 Å². The van der Waals surface area contributed by atoms with Crippen LogP contribution in [0.4, 0.5) is 8.78 Å². The van der Waals surface area contributed by atoms with Gasteiger partial charge in [0.1, 0.15) is 23.8 Å². The van der Waals surface area contributed by atoms with E-state index in [4.69, 9.17) is 14.2 Å². The van der Waals surface area contributed by atoms with Crippen molar-refractivity contribution in [3.63, 3.8) is 0 Å². The Bertz CT molecular complexity index is 1210. The van der Waals surface area contributed by atoms with Gasteiger partial charge in [-0.05, 0) is 130 Å². The van der Waals surface area contributed by atoms with Gasteiger partial charge < -0.3 is 14.2 Å². The first-order valence-electron chi connectivity index (χ1n) is 16.5. The van der Waals surface area contributed by atoms with Gasteiger partial charge >= 0.3 is 5.97 Å². The molecule has 232 valence electrons. The van der Waals surface area contributed by atoms with Gasteiger partial charge in [-0.3, -0.25) is 4.79 Å². The maximum atomic E-state index is 14.5. The Morgan fingerprint density at radius 1 is 1.00 bits per heavy atom. The molecule has 3 saturated carbocycles. The van der Waals surface area contributed by atoms with Gasteiger partial charge in [-0.2, -0.15) is 0 Å². The summed E-state index contributed by atoms with van der Waals surface area (Å²) in [6.45, 7) is 12.9. The SMILES string of the molecule is CC(=O)OC(CCC[C@@H](C)[C@H]1CC[C@H]2[C@@H]3CC=C4[C@H]5OC(C)(C)O[C@H]5CC[C@]4(C)[C@H]3CC[C@]12C)c1c(F)cccc1F. The lowest BCUT2D eigenvalue weighted by molar-refractivity contribution is -0.147. The maximum Gasteiger partial charge on any atom is 0.303 e. The normalized spacial score (nSPS) is 39.8. The molecular weight excluding hydrogens is 534 g/mol. The highest BCUT2D eigenvalue weighted by molar-refractivity contribution is 5.66. The molecule has 1 aliphatic heterocycles. The summed E-state index contributed by atoms with van der Waals surface area (Å²) < 4.78 is 47.3. The molecule has 1 unspecified atom stereocenters. The molecule has 4 nitrogen and oxygen atoms in total. The fourth-order valence-electron chi connectivity index (χ4n) is 10.7. The highest BCUT2D eigenvalue weighted by atomic mass is 19.1. The maximum absolute atomic E-state index is 14.5. The molecule has 42 heavy (non-hydrogen) atoms. The summed E-state index contributed by atoms with van der Waals surface area (Å²) >= 11 is 0. The zero-order chi connectivity index (χ0) is 30.0. The third-order valence-electron chi connectivity index (χ3n) is 12.5. The molecule has 1 saturated heterocycles. The number of hydrogen-bond acceptors (Lipinski definition) is 4. The number of carbonyl (C=O) groups excluding carboxylic acids is 1. The van der Waals surface area contributed by atoms with E-state index in [1.165, 1.54) is 62.8 Å². The van der Waals surface area contributed by atoms with Crippen molar-refractivity contribution in [1.82, 2.24) is 0 Å². The number of hydrogen-bond donors (Lipinski definition) is 0. The van der Waals surface area contributed by atoms with E-state index >= 15 is 0 Å². The van der Waals surface area contributed by atoms with E-state index in [-0.39, 0.29) is 23.2 Å². The second-order valence-corrected chi connectivity index (χ2v) is 15.2. The Kier molecular flexibility index (Phi) is 7.91. The molecule has 0 bridgehead atoms. The quantitative estimate of drug-likeness (QED) is 0.237. The van der Waals surface area contributed by atoms with Crippen molar-refractivity contribution >= 4 is 5.97 Å². The van der Waals surface area contributed by atoms with Gasteiger partial charge in [0.05, 0.1) is 11.7 Å². The fourth-order valence-corrected chi connectivity index (χ4v) is 10.7. The molecule has 1 heterocycles. The smallest absolute Gasteiger partial charge is 0.303 e. The molecule has 4 aliphatic carbocycles. The molecule has 0 N–H and O–H groups in total. The number of rotatable bonds is 7. The van der Waals surface area contributed by atoms with E-state index < -0.39 is 29.5 Å². The molecule has 0 radical (unpaired) electrons. The van der Waals surface area contributed by atoms with Crippen LogP contribution in [0.1, 0.15) is 117 Å². The average Bonchev–Trinajstić information content (AvgIpc) is 3.43. The molecule has 0 amide bonds. The van der Waals surface area contributed by atoms with Crippen LogP contribution in [0.15, 0.2) is 29.8 Å². The van der Waals surface area contributed by atoms with Crippen molar-refractivity contribution in [2.24, 2.45) is 40.4 Å². The topological polar surface area (TPSA) is 44.8 Å². The zero-order valence-electron chi connectivity index (χ0n) is 26.4. The molecule has 1 aromatic rings. The standard InChI is InChI=1S/C36H50F2O4/c1-21(9-7-12-30(40-22(2)39)32-28(37)10-8-11-29(32)38)24-15-16-25-23-13-14-27-33-31(41-34(3,4)42-33)18-20-36(27,6)26(23)17-19-35(24,25)5/h8,10-11,14,21,23-26,30-31,33H,7,9,12-13,15-20H2,1-6H3/t21-,23+,24-,25+,26+,30?,31+,33-,35-,36-/m1/s1. The van der Waals surface area contributed by atoms with Gasteiger partial charge in [-0.15, -0.1) is 0 Å². The molecule has 4 fully saturated rings. The van der Waals surface area contributed by atoms with E-state index in [9.17, 15) is 13.6 Å². The van der Waals surface area contributed by atoms with Gasteiger partial charge in [-0.1, -0.05) is 39.3 Å². The first-order chi connectivity index (χ1) is 19.8. The zero-order valence-corrected chi connectivity index (χ0v) is 26.4. The fraction of sp³-hybridized carbons (Fsp3) is 0.750. The number of fused-ring (bicyclic) bond motifs is 7. The van der Waals surface area contributed by atoms with Crippen molar-refractivity contribution in [1.29, 1.82) is 0 Å². The third-order valence-corrected chi connectivity index (χ3v) is 12.5. The van der Waals surface area contributed by atoms with E-state index in [1.807, 2.05) is 0 Å². The van der Waals surface area contributed by atoms with Crippen LogP contribution >= 0.6 is 0 Å². The Morgan fingerprint density at radius 2 is 1.74 bits per heavy atom. The van der Waals surface area contributed by atoms with Crippen molar-refractivity contribution in [2.45, 2.75) is 130 Å². The molecular formula is C36H50F2O4. The molecule has 0 spiro atoms. The lowest BCUT2D eigenvalue weighted by atomic mass is 9.46. The minimum atomic E-state index is -0.892. The largest absolute Gasteiger partial charge is 0.457 e. The predicted octanol–water partition coefficient (Wildman–Crippen LogP) is 9.08. The Hall–Kier alpha value is -1.79. The first-order valence-corrected chi connectivity index (χ1v) is 16.5. The van der Waals surface area contributed by atoms with Crippen LogP contribution in [0.25, 0.3) is 0 Å². The minimum absolute atomic E-state index is 0.109. The summed E-state index contributed by atoms with van der Waals surface area (Å²) in [5, 5.41) is 0. The second kappa shape index (κ2) is 11.0. The van der Waals surface area contributed by atoms with Crippen LogP contribution in [0.5, 0.6) is 0 Å². The predicted molar refractivity (Wildman–Crippen MR) is 158 cm³/mol. The summed E-state index contributed by atoms with van der Waals surface area (Å²) in [6, 6.07) is 3.81. The van der Waals surface area contributed by atoms with Crippen molar-refractivity contribution < 1.29 is 27.8 Å². The molecule has 6 heteroatoms. The van der Waals surface area contributed by atoms with Crippen LogP contribution in [0, 0.1) is 52.1 Å². The van der Waals surface area contributed by atoms with Crippen LogP contribution in [-0.4, -0.2) is 24.0 Å².